The van der Waals surface area contributed by atoms with Crippen LogP contribution in [0.5, 0.6) is 0 Å². The number of benzene rings is 1. The summed E-state index contributed by atoms with van der Waals surface area (Å²) in [5.41, 5.74) is 7.66. The van der Waals surface area contributed by atoms with Gasteiger partial charge in [-0.25, -0.2) is 0 Å². The van der Waals surface area contributed by atoms with Gasteiger partial charge >= 0.3 is 0 Å². The van der Waals surface area contributed by atoms with E-state index >= 15 is 0 Å². The fourth-order valence-electron chi connectivity index (χ4n) is 2.65. The summed E-state index contributed by atoms with van der Waals surface area (Å²) in [5, 5.41) is 10.9. The lowest BCUT2D eigenvalue weighted by molar-refractivity contribution is -0.120. The fraction of sp³-hybridized carbons (Fsp3) is 0.429. The number of hydrogen-bond donors (Lipinski definition) is 3. The molecule has 1 aliphatic rings. The number of hydrogen-bond acceptors (Lipinski definition) is 3. The highest BCUT2D eigenvalue weighted by atomic mass is 35.5. The molecule has 108 valence electrons. The van der Waals surface area contributed by atoms with E-state index in [1.165, 1.54) is 0 Å². The minimum Gasteiger partial charge on any atom is -0.328 e. The molecule has 6 heteroatoms. The molecule has 1 aromatic carbocycles. The minimum absolute atomic E-state index is 0. The van der Waals surface area contributed by atoms with Crippen molar-refractivity contribution in [3.63, 3.8) is 0 Å². The molecule has 0 spiro atoms. The van der Waals surface area contributed by atoms with Gasteiger partial charge < -0.3 is 11.1 Å². The Hall–Kier alpha value is -1.59. The van der Waals surface area contributed by atoms with Gasteiger partial charge in [0.1, 0.15) is 0 Å². The third kappa shape index (κ3) is 3.11. The average Bonchev–Trinajstić information content (AvgIpc) is 2.87. The van der Waals surface area contributed by atoms with Crippen molar-refractivity contribution in [1.82, 2.24) is 10.2 Å². The predicted molar refractivity (Wildman–Crippen MR) is 81.9 cm³/mol. The molecule has 1 saturated carbocycles. The largest absolute Gasteiger partial charge is 0.328 e. The maximum absolute atomic E-state index is 12.2. The van der Waals surface area contributed by atoms with Gasteiger partial charge in [-0.3, -0.25) is 9.89 Å². The molecule has 0 bridgehead atoms. The lowest BCUT2D eigenvalue weighted by Gasteiger charge is -2.25. The molecule has 1 amide bonds. The number of halogens is 1. The topological polar surface area (TPSA) is 83.8 Å². The first-order valence-electron chi connectivity index (χ1n) is 6.72. The summed E-state index contributed by atoms with van der Waals surface area (Å²) in [6.45, 7) is 0. The van der Waals surface area contributed by atoms with Crippen LogP contribution in [0.25, 0.3) is 10.9 Å². The fourth-order valence-corrected chi connectivity index (χ4v) is 2.65. The first-order chi connectivity index (χ1) is 9.22. The Morgan fingerprint density at radius 2 is 2.05 bits per heavy atom. The van der Waals surface area contributed by atoms with Gasteiger partial charge in [0.25, 0.3) is 0 Å². The van der Waals surface area contributed by atoms with Crippen LogP contribution in [-0.2, 0) is 4.79 Å². The number of fused-ring (bicyclic) bond motifs is 1. The number of nitrogens with one attached hydrogen (secondary N) is 2. The minimum atomic E-state index is 0. The average molecular weight is 295 g/mol. The summed E-state index contributed by atoms with van der Waals surface area (Å²) in [7, 11) is 0. The SMILES string of the molecule is Cl.NC1CCC(C(=O)Nc2ccc3[nH]ncc3c2)CC1. The van der Waals surface area contributed by atoms with Gasteiger partial charge in [0, 0.05) is 23.0 Å². The van der Waals surface area contributed by atoms with E-state index in [1.807, 2.05) is 18.2 Å². The quantitative estimate of drug-likeness (QED) is 0.795. The zero-order valence-electron chi connectivity index (χ0n) is 11.1. The van der Waals surface area contributed by atoms with Gasteiger partial charge in [0.05, 0.1) is 11.7 Å². The standard InChI is InChI=1S/C14H18N4O.ClH/c15-11-3-1-9(2-4-11)14(19)17-12-5-6-13-10(7-12)8-16-18-13;/h5-9,11H,1-4,15H2,(H,16,18)(H,17,19);1H. The van der Waals surface area contributed by atoms with Crippen molar-refractivity contribution in [2.45, 2.75) is 31.7 Å². The summed E-state index contributed by atoms with van der Waals surface area (Å²) in [6.07, 6.45) is 5.42. The van der Waals surface area contributed by atoms with Crippen molar-refractivity contribution >= 4 is 34.9 Å². The smallest absolute Gasteiger partial charge is 0.227 e. The molecule has 1 aliphatic carbocycles. The number of nitrogens with zero attached hydrogens (tertiary/aromatic N) is 1. The second-order valence-corrected chi connectivity index (χ2v) is 5.27. The van der Waals surface area contributed by atoms with E-state index in [4.69, 9.17) is 5.73 Å². The van der Waals surface area contributed by atoms with Gasteiger partial charge in [-0.1, -0.05) is 0 Å². The second-order valence-electron chi connectivity index (χ2n) is 5.27. The highest BCUT2D eigenvalue weighted by molar-refractivity contribution is 5.94. The van der Waals surface area contributed by atoms with E-state index in [0.29, 0.717) is 0 Å². The van der Waals surface area contributed by atoms with E-state index in [1.54, 1.807) is 6.20 Å². The van der Waals surface area contributed by atoms with E-state index < -0.39 is 0 Å². The lowest BCUT2D eigenvalue weighted by atomic mass is 9.86. The Labute approximate surface area is 123 Å². The predicted octanol–water partition coefficient (Wildman–Crippen LogP) is 2.44. The molecule has 5 nitrogen and oxygen atoms in total. The third-order valence-corrected chi connectivity index (χ3v) is 3.85. The van der Waals surface area contributed by atoms with Crippen LogP contribution in [-0.4, -0.2) is 22.1 Å². The molecule has 1 aromatic heterocycles. The summed E-state index contributed by atoms with van der Waals surface area (Å²) in [6, 6.07) is 6.03. The van der Waals surface area contributed by atoms with Crippen LogP contribution in [0.15, 0.2) is 24.4 Å². The van der Waals surface area contributed by atoms with Gasteiger partial charge in [0.2, 0.25) is 5.91 Å². The number of amides is 1. The van der Waals surface area contributed by atoms with Crippen molar-refractivity contribution in [1.29, 1.82) is 0 Å². The van der Waals surface area contributed by atoms with Crippen LogP contribution >= 0.6 is 12.4 Å². The molecule has 3 rings (SSSR count). The highest BCUT2D eigenvalue weighted by Crippen LogP contribution is 2.25. The Morgan fingerprint density at radius 3 is 2.80 bits per heavy atom. The molecule has 0 atom stereocenters. The van der Waals surface area contributed by atoms with Gasteiger partial charge in [-0.15, -0.1) is 12.4 Å². The first-order valence-corrected chi connectivity index (χ1v) is 6.72. The number of aromatic nitrogens is 2. The van der Waals surface area contributed by atoms with Gasteiger partial charge in [-0.05, 0) is 43.9 Å². The van der Waals surface area contributed by atoms with Crippen LogP contribution < -0.4 is 11.1 Å². The maximum Gasteiger partial charge on any atom is 0.227 e. The van der Waals surface area contributed by atoms with Crippen LogP contribution in [0, 0.1) is 5.92 Å². The zero-order valence-corrected chi connectivity index (χ0v) is 12.0. The number of H-pyrrole nitrogens is 1. The molecular formula is C14H19ClN4O. The Kier molecular flexibility index (Phi) is 4.62. The Morgan fingerprint density at radius 1 is 1.30 bits per heavy atom. The zero-order chi connectivity index (χ0) is 13.2. The molecule has 0 radical (unpaired) electrons. The Bertz CT molecular complexity index is 590. The molecule has 2 aromatic rings. The molecule has 1 fully saturated rings. The molecule has 1 heterocycles. The van der Waals surface area contributed by atoms with Crippen LogP contribution in [0.2, 0.25) is 0 Å². The number of carbonyl (C=O) groups excluding carboxylic acids is 1. The van der Waals surface area contributed by atoms with Crippen LogP contribution in [0.3, 0.4) is 0 Å². The van der Waals surface area contributed by atoms with Crippen molar-refractivity contribution in [3.8, 4) is 0 Å². The molecule has 0 aliphatic heterocycles. The second kappa shape index (κ2) is 6.24. The summed E-state index contributed by atoms with van der Waals surface area (Å²) in [4.78, 5) is 12.2. The molecule has 20 heavy (non-hydrogen) atoms. The van der Waals surface area contributed by atoms with E-state index in [2.05, 4.69) is 15.5 Å². The number of anilines is 1. The first kappa shape index (κ1) is 14.8. The number of carbonyl (C=O) groups is 1. The molecule has 4 N–H and O–H groups in total. The van der Waals surface area contributed by atoms with Crippen LogP contribution in [0.4, 0.5) is 5.69 Å². The van der Waals surface area contributed by atoms with Crippen molar-refractivity contribution in [2.75, 3.05) is 5.32 Å². The normalized spacial score (nSPS) is 22.2. The van der Waals surface area contributed by atoms with E-state index in [-0.39, 0.29) is 30.3 Å². The number of rotatable bonds is 2. The van der Waals surface area contributed by atoms with Gasteiger partial charge in [-0.2, -0.15) is 5.10 Å². The third-order valence-electron chi connectivity index (χ3n) is 3.85. The van der Waals surface area contributed by atoms with Gasteiger partial charge in [0.15, 0.2) is 0 Å². The van der Waals surface area contributed by atoms with Crippen molar-refractivity contribution < 1.29 is 4.79 Å². The summed E-state index contributed by atoms with van der Waals surface area (Å²) < 4.78 is 0. The van der Waals surface area contributed by atoms with E-state index in [9.17, 15) is 4.79 Å². The monoisotopic (exact) mass is 294 g/mol. The number of aromatic amines is 1. The van der Waals surface area contributed by atoms with E-state index in [0.717, 1.165) is 42.3 Å². The Balaban J connectivity index is 0.00000147. The summed E-state index contributed by atoms with van der Waals surface area (Å²) >= 11 is 0. The van der Waals surface area contributed by atoms with Crippen molar-refractivity contribution in [2.24, 2.45) is 11.7 Å². The summed E-state index contributed by atoms with van der Waals surface area (Å²) in [5.74, 6) is 0.203. The number of nitrogens with two attached hydrogens (primary N) is 1. The lowest BCUT2D eigenvalue weighted by Crippen LogP contribution is -2.32. The molecule has 0 unspecified atom stereocenters. The molecule has 0 saturated heterocycles. The maximum atomic E-state index is 12.2. The highest BCUT2D eigenvalue weighted by Gasteiger charge is 2.24. The van der Waals surface area contributed by atoms with Crippen LogP contribution in [0.1, 0.15) is 25.7 Å². The van der Waals surface area contributed by atoms with Crippen molar-refractivity contribution in [3.05, 3.63) is 24.4 Å². The molecular weight excluding hydrogens is 276 g/mol.